The molecular formula is C12H17NO3. The zero-order chi connectivity index (χ0) is 12.1. The summed E-state index contributed by atoms with van der Waals surface area (Å²) in [5.74, 6) is 0.585. The van der Waals surface area contributed by atoms with Gasteiger partial charge >= 0.3 is 0 Å². The lowest BCUT2D eigenvalue weighted by molar-refractivity contribution is 0.175. The van der Waals surface area contributed by atoms with Gasteiger partial charge in [-0.1, -0.05) is 6.08 Å². The second-order valence-electron chi connectivity index (χ2n) is 3.43. The number of rotatable bonds is 5. The van der Waals surface area contributed by atoms with Crippen LogP contribution in [0.3, 0.4) is 0 Å². The van der Waals surface area contributed by atoms with Crippen LogP contribution in [0.25, 0.3) is 0 Å². The summed E-state index contributed by atoms with van der Waals surface area (Å²) in [6.45, 7) is 5.78. The van der Waals surface area contributed by atoms with Crippen molar-refractivity contribution < 1.29 is 14.6 Å². The summed E-state index contributed by atoms with van der Waals surface area (Å²) in [5.41, 5.74) is 2.21. The molecular weight excluding hydrogens is 206 g/mol. The summed E-state index contributed by atoms with van der Waals surface area (Å²) in [5, 5.41) is 9.89. The van der Waals surface area contributed by atoms with Crippen LogP contribution in [-0.2, 0) is 11.3 Å². The van der Waals surface area contributed by atoms with Crippen molar-refractivity contribution >= 4 is 0 Å². The lowest BCUT2D eigenvalue weighted by Crippen LogP contribution is -2.07. The first-order valence-corrected chi connectivity index (χ1v) is 4.97. The largest absolute Gasteiger partial charge is 0.494 e. The van der Waals surface area contributed by atoms with Crippen LogP contribution in [0.1, 0.15) is 22.9 Å². The van der Waals surface area contributed by atoms with Gasteiger partial charge in [-0.25, -0.2) is 0 Å². The minimum absolute atomic E-state index is 0.379. The van der Waals surface area contributed by atoms with E-state index in [2.05, 4.69) is 11.6 Å². The van der Waals surface area contributed by atoms with E-state index >= 15 is 0 Å². The van der Waals surface area contributed by atoms with E-state index in [-0.39, 0.29) is 0 Å². The van der Waals surface area contributed by atoms with Gasteiger partial charge in [0.2, 0.25) is 0 Å². The van der Waals surface area contributed by atoms with Crippen LogP contribution in [0.15, 0.2) is 18.9 Å². The monoisotopic (exact) mass is 223 g/mol. The minimum Gasteiger partial charge on any atom is -0.494 e. The van der Waals surface area contributed by atoms with E-state index in [1.807, 2.05) is 6.92 Å². The highest BCUT2D eigenvalue weighted by atomic mass is 16.5. The van der Waals surface area contributed by atoms with E-state index in [9.17, 15) is 5.11 Å². The van der Waals surface area contributed by atoms with Crippen molar-refractivity contribution in [2.24, 2.45) is 0 Å². The van der Waals surface area contributed by atoms with Gasteiger partial charge in [0.15, 0.2) is 0 Å². The van der Waals surface area contributed by atoms with Crippen molar-refractivity contribution in [2.75, 3.05) is 14.2 Å². The van der Waals surface area contributed by atoms with Gasteiger partial charge in [-0.2, -0.15) is 0 Å². The first-order valence-electron chi connectivity index (χ1n) is 4.97. The minimum atomic E-state index is -0.776. The quantitative estimate of drug-likeness (QED) is 0.773. The molecule has 4 heteroatoms. The molecule has 1 atom stereocenters. The van der Waals surface area contributed by atoms with Crippen molar-refractivity contribution in [2.45, 2.75) is 19.6 Å². The van der Waals surface area contributed by atoms with E-state index in [4.69, 9.17) is 9.47 Å². The molecule has 0 saturated heterocycles. The molecule has 0 saturated carbocycles. The van der Waals surface area contributed by atoms with Crippen molar-refractivity contribution in [1.82, 2.24) is 4.98 Å². The highest BCUT2D eigenvalue weighted by Gasteiger charge is 2.18. The Balaban J connectivity index is 3.34. The van der Waals surface area contributed by atoms with Gasteiger partial charge in [-0.05, 0) is 6.92 Å². The zero-order valence-electron chi connectivity index (χ0n) is 9.86. The third-order valence-electron chi connectivity index (χ3n) is 2.36. The highest BCUT2D eigenvalue weighted by Crippen LogP contribution is 2.31. The van der Waals surface area contributed by atoms with E-state index in [0.29, 0.717) is 17.9 Å². The number of aliphatic hydroxyl groups excluding tert-OH is 1. The zero-order valence-corrected chi connectivity index (χ0v) is 9.86. The molecule has 0 aliphatic heterocycles. The molecule has 0 bridgehead atoms. The molecule has 1 aromatic rings. The lowest BCUT2D eigenvalue weighted by Gasteiger charge is -2.17. The molecule has 1 unspecified atom stereocenters. The molecule has 0 amide bonds. The van der Waals surface area contributed by atoms with E-state index < -0.39 is 6.10 Å². The predicted octanol–water partition coefficient (Wildman–Crippen LogP) is 1.76. The summed E-state index contributed by atoms with van der Waals surface area (Å²) in [7, 11) is 3.15. The maximum absolute atomic E-state index is 9.89. The molecule has 0 aliphatic carbocycles. The normalized spacial score (nSPS) is 12.2. The van der Waals surface area contributed by atoms with Gasteiger partial charge in [-0.3, -0.25) is 4.98 Å². The molecule has 0 aliphatic rings. The molecule has 0 fully saturated rings. The Labute approximate surface area is 95.5 Å². The number of hydrogen-bond donors (Lipinski definition) is 1. The Morgan fingerprint density at radius 1 is 1.56 bits per heavy atom. The van der Waals surface area contributed by atoms with Crippen LogP contribution in [0.2, 0.25) is 0 Å². The molecule has 1 heterocycles. The van der Waals surface area contributed by atoms with Crippen LogP contribution in [-0.4, -0.2) is 24.3 Å². The second kappa shape index (κ2) is 5.63. The molecule has 0 spiro atoms. The number of ether oxygens (including phenoxy) is 2. The fraction of sp³-hybridized carbons (Fsp3) is 0.417. The highest BCUT2D eigenvalue weighted by molar-refractivity contribution is 5.44. The Hall–Kier alpha value is -1.39. The number of methoxy groups -OCH3 is 2. The third-order valence-corrected chi connectivity index (χ3v) is 2.36. The van der Waals surface area contributed by atoms with Crippen molar-refractivity contribution in [3.8, 4) is 5.75 Å². The van der Waals surface area contributed by atoms with Gasteiger partial charge in [-0.15, -0.1) is 6.58 Å². The lowest BCUT2D eigenvalue weighted by atomic mass is 10.0. The average molecular weight is 223 g/mol. The van der Waals surface area contributed by atoms with E-state index in [0.717, 1.165) is 11.3 Å². The number of aryl methyl sites for hydroxylation is 1. The topological polar surface area (TPSA) is 51.6 Å². The number of pyridine rings is 1. The van der Waals surface area contributed by atoms with E-state index in [1.165, 1.54) is 6.08 Å². The van der Waals surface area contributed by atoms with Crippen molar-refractivity contribution in [3.63, 3.8) is 0 Å². The summed E-state index contributed by atoms with van der Waals surface area (Å²) < 4.78 is 10.3. The SMILES string of the molecule is C=CC(O)c1c(COC)cnc(C)c1OC. The summed E-state index contributed by atoms with van der Waals surface area (Å²) in [6, 6.07) is 0. The van der Waals surface area contributed by atoms with Crippen LogP contribution < -0.4 is 4.74 Å². The Morgan fingerprint density at radius 3 is 2.75 bits per heavy atom. The molecule has 4 nitrogen and oxygen atoms in total. The van der Waals surface area contributed by atoms with Gasteiger partial charge < -0.3 is 14.6 Å². The number of aromatic nitrogens is 1. The standard InChI is InChI=1S/C12H17NO3/c1-5-10(14)11-9(7-15-3)6-13-8(2)12(11)16-4/h5-6,10,14H,1,7H2,2-4H3. The first kappa shape index (κ1) is 12.7. The molecule has 1 N–H and O–H groups in total. The van der Waals surface area contributed by atoms with Gasteiger partial charge in [0.05, 0.1) is 19.4 Å². The fourth-order valence-corrected chi connectivity index (χ4v) is 1.61. The smallest absolute Gasteiger partial charge is 0.146 e. The number of hydrogen-bond acceptors (Lipinski definition) is 4. The maximum atomic E-state index is 9.89. The third kappa shape index (κ3) is 2.40. The van der Waals surface area contributed by atoms with Crippen molar-refractivity contribution in [3.05, 3.63) is 35.7 Å². The fourth-order valence-electron chi connectivity index (χ4n) is 1.61. The van der Waals surface area contributed by atoms with Gasteiger partial charge in [0.1, 0.15) is 11.9 Å². The molecule has 0 aromatic carbocycles. The Kier molecular flexibility index (Phi) is 4.46. The average Bonchev–Trinajstić information content (AvgIpc) is 2.30. The van der Waals surface area contributed by atoms with Crippen molar-refractivity contribution in [1.29, 1.82) is 0 Å². The Bertz CT molecular complexity index is 377. The molecule has 88 valence electrons. The van der Waals surface area contributed by atoms with Gasteiger partial charge in [0.25, 0.3) is 0 Å². The molecule has 1 aromatic heterocycles. The van der Waals surface area contributed by atoms with Crippen LogP contribution in [0.5, 0.6) is 5.75 Å². The number of aliphatic hydroxyl groups is 1. The molecule has 1 rings (SSSR count). The summed E-state index contributed by atoms with van der Waals surface area (Å²) >= 11 is 0. The first-order chi connectivity index (χ1) is 7.65. The molecule has 16 heavy (non-hydrogen) atoms. The van der Waals surface area contributed by atoms with E-state index in [1.54, 1.807) is 20.4 Å². The van der Waals surface area contributed by atoms with Crippen LogP contribution >= 0.6 is 0 Å². The van der Waals surface area contributed by atoms with Gasteiger partial charge in [0, 0.05) is 24.4 Å². The number of nitrogens with zero attached hydrogens (tertiary/aromatic N) is 1. The predicted molar refractivity (Wildman–Crippen MR) is 61.4 cm³/mol. The maximum Gasteiger partial charge on any atom is 0.146 e. The van der Waals surface area contributed by atoms with Crippen LogP contribution in [0.4, 0.5) is 0 Å². The summed E-state index contributed by atoms with van der Waals surface area (Å²) in [4.78, 5) is 4.20. The second-order valence-corrected chi connectivity index (χ2v) is 3.43. The molecule has 0 radical (unpaired) electrons. The Morgan fingerprint density at radius 2 is 2.25 bits per heavy atom. The van der Waals surface area contributed by atoms with Crippen LogP contribution in [0, 0.1) is 6.92 Å². The summed E-state index contributed by atoms with van der Waals surface area (Å²) in [6.07, 6.45) is 2.36.